The van der Waals surface area contributed by atoms with E-state index in [4.69, 9.17) is 9.47 Å². The SMILES string of the molecule is CCCCOCC(CN1CC1C)OC(=O)Nc1ccc(C)c(NC)c1. The van der Waals surface area contributed by atoms with E-state index in [-0.39, 0.29) is 6.10 Å². The molecule has 3 atom stereocenters. The number of nitrogens with one attached hydrogen (secondary N) is 2. The first kappa shape index (κ1) is 19.5. The third-order valence-corrected chi connectivity index (χ3v) is 4.40. The average Bonchev–Trinajstić information content (AvgIpc) is 3.28. The molecule has 0 aromatic heterocycles. The van der Waals surface area contributed by atoms with E-state index in [0.29, 0.717) is 24.9 Å². The van der Waals surface area contributed by atoms with Crippen LogP contribution in [0, 0.1) is 6.92 Å². The average molecular weight is 349 g/mol. The Morgan fingerprint density at radius 3 is 2.84 bits per heavy atom. The third kappa shape index (κ3) is 6.55. The van der Waals surface area contributed by atoms with Gasteiger partial charge in [0.05, 0.1) is 6.61 Å². The molecule has 140 valence electrons. The van der Waals surface area contributed by atoms with E-state index in [1.54, 1.807) is 0 Å². The minimum Gasteiger partial charge on any atom is -0.442 e. The summed E-state index contributed by atoms with van der Waals surface area (Å²) in [6.07, 6.45) is 1.42. The van der Waals surface area contributed by atoms with Gasteiger partial charge < -0.3 is 14.8 Å². The van der Waals surface area contributed by atoms with Gasteiger partial charge in [-0.2, -0.15) is 0 Å². The number of ether oxygens (including phenoxy) is 2. The molecule has 0 saturated carbocycles. The minimum atomic E-state index is -0.440. The lowest BCUT2D eigenvalue weighted by Gasteiger charge is -2.19. The molecule has 1 aliphatic heterocycles. The summed E-state index contributed by atoms with van der Waals surface area (Å²) in [5, 5.41) is 5.92. The zero-order valence-electron chi connectivity index (χ0n) is 15.8. The molecular formula is C19H31N3O3. The van der Waals surface area contributed by atoms with Crippen LogP contribution in [0.4, 0.5) is 16.2 Å². The third-order valence-electron chi connectivity index (χ3n) is 4.40. The topological polar surface area (TPSA) is 62.6 Å². The van der Waals surface area contributed by atoms with E-state index >= 15 is 0 Å². The minimum absolute atomic E-state index is 0.254. The summed E-state index contributed by atoms with van der Waals surface area (Å²) in [4.78, 5) is 14.5. The Bertz CT molecular complexity index is 565. The number of hydrogen-bond acceptors (Lipinski definition) is 5. The fourth-order valence-corrected chi connectivity index (χ4v) is 2.66. The maximum Gasteiger partial charge on any atom is 0.412 e. The quantitative estimate of drug-likeness (QED) is 0.500. The van der Waals surface area contributed by atoms with Gasteiger partial charge in [0.1, 0.15) is 6.10 Å². The Balaban J connectivity index is 1.86. The van der Waals surface area contributed by atoms with Gasteiger partial charge in [0.15, 0.2) is 0 Å². The van der Waals surface area contributed by atoms with Crippen LogP contribution in [0.2, 0.25) is 0 Å². The smallest absolute Gasteiger partial charge is 0.412 e. The van der Waals surface area contributed by atoms with Crippen molar-refractivity contribution in [1.29, 1.82) is 0 Å². The highest BCUT2D eigenvalue weighted by molar-refractivity contribution is 5.85. The first-order valence-electron chi connectivity index (χ1n) is 9.11. The molecule has 2 N–H and O–H groups in total. The van der Waals surface area contributed by atoms with Crippen LogP contribution in [0.1, 0.15) is 32.3 Å². The van der Waals surface area contributed by atoms with Crippen LogP contribution in [0.5, 0.6) is 0 Å². The monoisotopic (exact) mass is 349 g/mol. The standard InChI is InChI=1S/C19H31N3O3/c1-5-6-9-24-13-17(12-22-11-15(22)3)25-19(23)21-16-8-7-14(2)18(10-16)20-4/h7-8,10,15,17,20H,5-6,9,11-13H2,1-4H3,(H,21,23). The Hall–Kier alpha value is -1.79. The van der Waals surface area contributed by atoms with Crippen molar-refractivity contribution in [3.8, 4) is 0 Å². The molecule has 0 spiro atoms. The predicted molar refractivity (Wildman–Crippen MR) is 101 cm³/mol. The zero-order valence-corrected chi connectivity index (χ0v) is 15.8. The predicted octanol–water partition coefficient (Wildman–Crippen LogP) is 3.47. The summed E-state index contributed by atoms with van der Waals surface area (Å²) >= 11 is 0. The molecule has 1 heterocycles. The normalized spacial score (nSPS) is 20.0. The van der Waals surface area contributed by atoms with Gasteiger partial charge in [0.25, 0.3) is 0 Å². The molecule has 6 heteroatoms. The molecule has 0 aliphatic carbocycles. The van der Waals surface area contributed by atoms with E-state index in [1.807, 2.05) is 32.2 Å². The molecule has 25 heavy (non-hydrogen) atoms. The van der Waals surface area contributed by atoms with Gasteiger partial charge in [0, 0.05) is 44.2 Å². The fraction of sp³-hybridized carbons (Fsp3) is 0.632. The first-order valence-corrected chi connectivity index (χ1v) is 9.11. The summed E-state index contributed by atoms with van der Waals surface area (Å²) in [7, 11) is 1.86. The van der Waals surface area contributed by atoms with E-state index in [2.05, 4.69) is 29.4 Å². The van der Waals surface area contributed by atoms with E-state index in [1.165, 1.54) is 0 Å². The van der Waals surface area contributed by atoms with Crippen LogP contribution < -0.4 is 10.6 Å². The number of carbonyl (C=O) groups is 1. The maximum absolute atomic E-state index is 12.3. The number of hydrogen-bond donors (Lipinski definition) is 2. The Kier molecular flexibility index (Phi) is 7.52. The van der Waals surface area contributed by atoms with Crippen LogP contribution in [-0.2, 0) is 9.47 Å². The van der Waals surface area contributed by atoms with Crippen molar-refractivity contribution in [2.75, 3.05) is 44.0 Å². The molecule has 3 unspecified atom stereocenters. The number of unbranched alkanes of at least 4 members (excludes halogenated alkanes) is 1. The molecule has 6 nitrogen and oxygen atoms in total. The van der Waals surface area contributed by atoms with Crippen molar-refractivity contribution in [2.24, 2.45) is 0 Å². The number of benzene rings is 1. The molecule has 1 amide bonds. The fourth-order valence-electron chi connectivity index (χ4n) is 2.66. The summed E-state index contributed by atoms with van der Waals surface area (Å²) in [6, 6.07) is 6.30. The Labute approximate surface area is 150 Å². The molecule has 2 rings (SSSR count). The molecule has 1 fully saturated rings. The first-order chi connectivity index (χ1) is 12.0. The largest absolute Gasteiger partial charge is 0.442 e. The second-order valence-electron chi connectivity index (χ2n) is 6.66. The summed E-state index contributed by atoms with van der Waals surface area (Å²) < 4.78 is 11.3. The number of anilines is 2. The van der Waals surface area contributed by atoms with Gasteiger partial charge in [-0.3, -0.25) is 10.2 Å². The highest BCUT2D eigenvalue weighted by Gasteiger charge is 2.32. The Morgan fingerprint density at radius 1 is 1.44 bits per heavy atom. The highest BCUT2D eigenvalue weighted by Crippen LogP contribution is 2.21. The molecule has 0 bridgehead atoms. The van der Waals surface area contributed by atoms with E-state index in [9.17, 15) is 4.79 Å². The number of amides is 1. The second kappa shape index (κ2) is 9.63. The van der Waals surface area contributed by atoms with Crippen molar-refractivity contribution in [2.45, 2.75) is 45.8 Å². The van der Waals surface area contributed by atoms with E-state index < -0.39 is 6.09 Å². The molecule has 1 aromatic rings. The van der Waals surface area contributed by atoms with Gasteiger partial charge in [-0.1, -0.05) is 19.4 Å². The van der Waals surface area contributed by atoms with Gasteiger partial charge in [-0.25, -0.2) is 4.79 Å². The number of nitrogens with zero attached hydrogens (tertiary/aromatic N) is 1. The lowest BCUT2D eigenvalue weighted by Crippen LogP contribution is -2.33. The summed E-state index contributed by atoms with van der Waals surface area (Å²) in [6.45, 7) is 9.23. The second-order valence-corrected chi connectivity index (χ2v) is 6.66. The van der Waals surface area contributed by atoms with Crippen LogP contribution in [0.25, 0.3) is 0 Å². The van der Waals surface area contributed by atoms with Crippen LogP contribution in [-0.4, -0.2) is 56.5 Å². The molecule has 1 aromatic carbocycles. The summed E-state index contributed by atoms with van der Waals surface area (Å²) in [5.74, 6) is 0. The van der Waals surface area contributed by atoms with Gasteiger partial charge >= 0.3 is 6.09 Å². The van der Waals surface area contributed by atoms with Crippen molar-refractivity contribution in [3.63, 3.8) is 0 Å². The van der Waals surface area contributed by atoms with Crippen molar-refractivity contribution >= 4 is 17.5 Å². The molecule has 0 radical (unpaired) electrons. The van der Waals surface area contributed by atoms with Crippen LogP contribution in [0.3, 0.4) is 0 Å². The van der Waals surface area contributed by atoms with Crippen LogP contribution >= 0.6 is 0 Å². The zero-order chi connectivity index (χ0) is 18.2. The van der Waals surface area contributed by atoms with Gasteiger partial charge in [-0.05, 0) is 38.0 Å². The lowest BCUT2D eigenvalue weighted by atomic mass is 10.2. The van der Waals surface area contributed by atoms with Crippen molar-refractivity contribution in [1.82, 2.24) is 4.90 Å². The van der Waals surface area contributed by atoms with Gasteiger partial charge in [-0.15, -0.1) is 0 Å². The number of carbonyl (C=O) groups excluding carboxylic acids is 1. The van der Waals surface area contributed by atoms with E-state index in [0.717, 1.165) is 37.2 Å². The maximum atomic E-state index is 12.3. The lowest BCUT2D eigenvalue weighted by molar-refractivity contribution is 0.0176. The summed E-state index contributed by atoms with van der Waals surface area (Å²) in [5.41, 5.74) is 2.82. The Morgan fingerprint density at radius 2 is 2.20 bits per heavy atom. The molecular weight excluding hydrogens is 318 g/mol. The van der Waals surface area contributed by atoms with Crippen molar-refractivity contribution in [3.05, 3.63) is 23.8 Å². The van der Waals surface area contributed by atoms with Crippen LogP contribution in [0.15, 0.2) is 18.2 Å². The number of rotatable bonds is 10. The highest BCUT2D eigenvalue weighted by atomic mass is 16.6. The van der Waals surface area contributed by atoms with Gasteiger partial charge in [0.2, 0.25) is 0 Å². The molecule has 1 saturated heterocycles. The molecule has 1 aliphatic rings. The van der Waals surface area contributed by atoms with Crippen molar-refractivity contribution < 1.29 is 14.3 Å². The number of aryl methyl sites for hydroxylation is 1.